The summed E-state index contributed by atoms with van der Waals surface area (Å²) in [4.78, 5) is 8.58. The minimum absolute atomic E-state index is 0.135. The van der Waals surface area contributed by atoms with Gasteiger partial charge in [0.2, 0.25) is 21.7 Å². The molecule has 2 N–H and O–H groups in total. The zero-order chi connectivity index (χ0) is 20.9. The summed E-state index contributed by atoms with van der Waals surface area (Å²) in [5.41, 5.74) is 0.781. The highest BCUT2D eigenvalue weighted by atomic mass is 35.5. The van der Waals surface area contributed by atoms with Crippen LogP contribution in [0, 0.1) is 0 Å². The molecular weight excluding hydrogens is 416 g/mol. The fourth-order valence-electron chi connectivity index (χ4n) is 3.08. The van der Waals surface area contributed by atoms with Crippen LogP contribution in [-0.2, 0) is 16.6 Å². The molecule has 0 bridgehead atoms. The van der Waals surface area contributed by atoms with Crippen LogP contribution < -0.4 is 10.6 Å². The first kappa shape index (κ1) is 21.5. The van der Waals surface area contributed by atoms with Gasteiger partial charge in [0.05, 0.1) is 12.3 Å². The summed E-state index contributed by atoms with van der Waals surface area (Å²) in [5.74, 6) is 1.63. The predicted molar refractivity (Wildman–Crippen MR) is 112 cm³/mol. The van der Waals surface area contributed by atoms with Crippen molar-refractivity contribution >= 4 is 27.6 Å². The number of sulfonamides is 1. The topological polar surface area (TPSA) is 113 Å². The Morgan fingerprint density at radius 1 is 1.38 bits per heavy atom. The van der Waals surface area contributed by atoms with Crippen molar-refractivity contribution in [2.75, 3.05) is 25.9 Å². The van der Waals surface area contributed by atoms with E-state index in [1.54, 1.807) is 30.4 Å². The maximum atomic E-state index is 12.0. The Hall–Kier alpha value is -2.17. The zero-order valence-corrected chi connectivity index (χ0v) is 18.0. The third-order valence-electron chi connectivity index (χ3n) is 4.73. The summed E-state index contributed by atoms with van der Waals surface area (Å²) in [5, 5.41) is 11.1. The van der Waals surface area contributed by atoms with E-state index in [4.69, 9.17) is 16.1 Å². The van der Waals surface area contributed by atoms with Gasteiger partial charge < -0.3 is 15.2 Å². The monoisotopic (exact) mass is 440 g/mol. The number of nitrogens with zero attached hydrogens (tertiary/aromatic N) is 4. The minimum Gasteiger partial charge on any atom is -0.354 e. The molecule has 11 heteroatoms. The van der Waals surface area contributed by atoms with Gasteiger partial charge in [0, 0.05) is 36.8 Å². The Balaban J connectivity index is 1.50. The molecule has 1 aliphatic rings. The van der Waals surface area contributed by atoms with Gasteiger partial charge in [-0.2, -0.15) is 4.98 Å². The van der Waals surface area contributed by atoms with Crippen LogP contribution in [0.3, 0.4) is 0 Å². The van der Waals surface area contributed by atoms with Crippen molar-refractivity contribution in [1.29, 1.82) is 0 Å². The SMILES string of the molecule is CCS(=O)(=O)N1CCC(NC(=NC)NCc2nc(-c3cccc(Cl)c3)no2)CC1. The number of guanidine groups is 1. The molecule has 2 heterocycles. The Kier molecular flexibility index (Phi) is 7.09. The molecule has 3 rings (SSSR count). The molecule has 1 saturated heterocycles. The summed E-state index contributed by atoms with van der Waals surface area (Å²) in [6.07, 6.45) is 1.44. The fraction of sp³-hybridized carbons (Fsp3) is 0.500. The number of rotatable bonds is 6. The maximum absolute atomic E-state index is 12.0. The molecule has 0 radical (unpaired) electrons. The van der Waals surface area contributed by atoms with Crippen LogP contribution in [0.1, 0.15) is 25.7 Å². The average Bonchev–Trinajstić information content (AvgIpc) is 3.20. The molecule has 2 aromatic rings. The van der Waals surface area contributed by atoms with Crippen LogP contribution in [0.15, 0.2) is 33.8 Å². The molecule has 1 fully saturated rings. The largest absolute Gasteiger partial charge is 0.354 e. The van der Waals surface area contributed by atoms with Gasteiger partial charge >= 0.3 is 0 Å². The van der Waals surface area contributed by atoms with Gasteiger partial charge in [-0.3, -0.25) is 4.99 Å². The van der Waals surface area contributed by atoms with Crippen molar-refractivity contribution in [3.05, 3.63) is 35.2 Å². The summed E-state index contributed by atoms with van der Waals surface area (Å²) < 4.78 is 30.8. The van der Waals surface area contributed by atoms with E-state index < -0.39 is 10.0 Å². The molecule has 0 saturated carbocycles. The van der Waals surface area contributed by atoms with Crippen LogP contribution >= 0.6 is 11.6 Å². The van der Waals surface area contributed by atoms with E-state index in [-0.39, 0.29) is 11.8 Å². The summed E-state index contributed by atoms with van der Waals surface area (Å²) in [6.45, 7) is 3.01. The molecule has 29 heavy (non-hydrogen) atoms. The predicted octanol–water partition coefficient (Wildman–Crippen LogP) is 1.87. The second-order valence-electron chi connectivity index (χ2n) is 6.67. The molecule has 0 spiro atoms. The van der Waals surface area contributed by atoms with Crippen LogP contribution in [0.25, 0.3) is 11.4 Å². The summed E-state index contributed by atoms with van der Waals surface area (Å²) in [6, 6.07) is 7.39. The highest BCUT2D eigenvalue weighted by Gasteiger charge is 2.27. The lowest BCUT2D eigenvalue weighted by atomic mass is 10.1. The zero-order valence-electron chi connectivity index (χ0n) is 16.4. The van der Waals surface area contributed by atoms with Crippen LogP contribution in [0.2, 0.25) is 5.02 Å². The van der Waals surface area contributed by atoms with E-state index in [1.165, 1.54) is 0 Å². The van der Waals surface area contributed by atoms with Crippen LogP contribution in [0.5, 0.6) is 0 Å². The molecule has 9 nitrogen and oxygen atoms in total. The number of halogens is 1. The molecule has 0 unspecified atom stereocenters. The smallest absolute Gasteiger partial charge is 0.246 e. The molecular formula is C18H25ClN6O3S. The quantitative estimate of drug-likeness (QED) is 0.520. The van der Waals surface area contributed by atoms with Crippen molar-refractivity contribution in [2.24, 2.45) is 4.99 Å². The van der Waals surface area contributed by atoms with E-state index >= 15 is 0 Å². The molecule has 0 atom stereocenters. The van der Waals surface area contributed by atoms with E-state index in [1.807, 2.05) is 12.1 Å². The Morgan fingerprint density at radius 2 is 2.14 bits per heavy atom. The molecule has 1 aromatic heterocycles. The second-order valence-corrected chi connectivity index (χ2v) is 9.36. The van der Waals surface area contributed by atoms with E-state index in [2.05, 4.69) is 25.8 Å². The van der Waals surface area contributed by atoms with Crippen molar-refractivity contribution in [3.8, 4) is 11.4 Å². The minimum atomic E-state index is -3.12. The Morgan fingerprint density at radius 3 is 2.79 bits per heavy atom. The summed E-state index contributed by atoms with van der Waals surface area (Å²) >= 11 is 6.00. The first-order chi connectivity index (χ1) is 13.9. The second kappa shape index (κ2) is 9.55. The number of piperidine rings is 1. The van der Waals surface area contributed by atoms with E-state index in [0.29, 0.717) is 42.3 Å². The van der Waals surface area contributed by atoms with E-state index in [9.17, 15) is 8.42 Å². The first-order valence-corrected chi connectivity index (χ1v) is 11.4. The number of hydrogen-bond acceptors (Lipinski definition) is 6. The highest BCUT2D eigenvalue weighted by Crippen LogP contribution is 2.20. The maximum Gasteiger partial charge on any atom is 0.246 e. The highest BCUT2D eigenvalue weighted by molar-refractivity contribution is 7.89. The number of benzene rings is 1. The average molecular weight is 441 g/mol. The van der Waals surface area contributed by atoms with Gasteiger partial charge in [0.25, 0.3) is 0 Å². The molecule has 158 valence electrons. The number of aromatic nitrogens is 2. The Labute approximate surface area is 175 Å². The lowest BCUT2D eigenvalue weighted by molar-refractivity contribution is 0.306. The van der Waals surface area contributed by atoms with Crippen molar-refractivity contribution < 1.29 is 12.9 Å². The number of hydrogen-bond donors (Lipinski definition) is 2. The molecule has 1 aromatic carbocycles. The molecule has 1 aliphatic heterocycles. The third kappa shape index (κ3) is 5.68. The lowest BCUT2D eigenvalue weighted by Gasteiger charge is -2.32. The van der Waals surface area contributed by atoms with Gasteiger partial charge in [-0.1, -0.05) is 28.9 Å². The van der Waals surface area contributed by atoms with Crippen molar-refractivity contribution in [3.63, 3.8) is 0 Å². The van der Waals surface area contributed by atoms with Gasteiger partial charge in [-0.15, -0.1) is 0 Å². The van der Waals surface area contributed by atoms with Crippen LogP contribution in [-0.4, -0.2) is 60.8 Å². The normalized spacial score (nSPS) is 16.7. The first-order valence-electron chi connectivity index (χ1n) is 9.45. The molecule has 0 amide bonds. The third-order valence-corrected chi connectivity index (χ3v) is 6.85. The number of nitrogens with one attached hydrogen (secondary N) is 2. The van der Waals surface area contributed by atoms with E-state index in [0.717, 1.165) is 18.4 Å². The van der Waals surface area contributed by atoms with Gasteiger partial charge in [0.15, 0.2) is 5.96 Å². The van der Waals surface area contributed by atoms with Crippen LogP contribution in [0.4, 0.5) is 0 Å². The lowest BCUT2D eigenvalue weighted by Crippen LogP contribution is -2.49. The van der Waals surface area contributed by atoms with Gasteiger partial charge in [-0.05, 0) is 31.9 Å². The van der Waals surface area contributed by atoms with Crippen molar-refractivity contribution in [1.82, 2.24) is 25.1 Å². The Bertz CT molecular complexity index is 954. The summed E-state index contributed by atoms with van der Waals surface area (Å²) in [7, 11) is -1.45. The standard InChI is InChI=1S/C18H25ClN6O3S/c1-3-29(26,27)25-9-7-15(8-10-25)22-18(20-2)21-12-16-23-17(24-28-16)13-5-4-6-14(19)11-13/h4-6,11,15H,3,7-10,12H2,1-2H3,(H2,20,21,22). The fourth-order valence-corrected chi connectivity index (χ4v) is 4.40. The number of aliphatic imine (C=N–C) groups is 1. The van der Waals surface area contributed by atoms with Gasteiger partial charge in [0.1, 0.15) is 0 Å². The van der Waals surface area contributed by atoms with Gasteiger partial charge in [-0.25, -0.2) is 12.7 Å². The van der Waals surface area contributed by atoms with Crippen molar-refractivity contribution in [2.45, 2.75) is 32.4 Å². The molecule has 0 aliphatic carbocycles.